The normalized spacial score (nSPS) is 16.7. The second kappa shape index (κ2) is 6.27. The number of hydrogen-bond donors (Lipinski definition) is 2. The van der Waals surface area contributed by atoms with Crippen molar-refractivity contribution in [3.63, 3.8) is 0 Å². The number of thiazole rings is 1. The van der Waals surface area contributed by atoms with Gasteiger partial charge in [0.2, 0.25) is 5.91 Å². The fraction of sp³-hybridized carbons (Fsp3) is 0.312. The van der Waals surface area contributed by atoms with Gasteiger partial charge in [0.15, 0.2) is 5.13 Å². The summed E-state index contributed by atoms with van der Waals surface area (Å²) in [4.78, 5) is 27.5. The van der Waals surface area contributed by atoms with Crippen molar-refractivity contribution in [1.82, 2.24) is 10.3 Å². The van der Waals surface area contributed by atoms with Gasteiger partial charge in [0.25, 0.3) is 5.91 Å². The standard InChI is InChI=1S/C16H17N3O2S/c1-10(20)17-16-19-14(9-22-16)15(21)18-13-8-4-6-11-5-2-3-7-12(11)13/h2-3,5,7,9,13H,4,6,8H2,1H3,(H,18,21)(H,17,19,20). The first-order chi connectivity index (χ1) is 10.6. The molecule has 114 valence electrons. The van der Waals surface area contributed by atoms with E-state index in [-0.39, 0.29) is 17.9 Å². The molecule has 1 aliphatic rings. The zero-order valence-corrected chi connectivity index (χ0v) is 13.1. The summed E-state index contributed by atoms with van der Waals surface area (Å²) < 4.78 is 0. The highest BCUT2D eigenvalue weighted by molar-refractivity contribution is 7.14. The minimum Gasteiger partial charge on any atom is -0.344 e. The lowest BCUT2D eigenvalue weighted by atomic mass is 9.88. The molecule has 1 atom stereocenters. The summed E-state index contributed by atoms with van der Waals surface area (Å²) in [6, 6.07) is 8.25. The van der Waals surface area contributed by atoms with Gasteiger partial charge in [-0.2, -0.15) is 0 Å². The molecule has 0 radical (unpaired) electrons. The summed E-state index contributed by atoms with van der Waals surface area (Å²) in [6.07, 6.45) is 3.06. The molecular weight excluding hydrogens is 298 g/mol. The van der Waals surface area contributed by atoms with E-state index in [0.717, 1.165) is 19.3 Å². The molecule has 5 nitrogen and oxygen atoms in total. The summed E-state index contributed by atoms with van der Waals surface area (Å²) in [7, 11) is 0. The first-order valence-corrected chi connectivity index (χ1v) is 8.13. The van der Waals surface area contributed by atoms with Crippen LogP contribution in [0.15, 0.2) is 29.6 Å². The molecule has 0 aliphatic heterocycles. The monoisotopic (exact) mass is 315 g/mol. The summed E-state index contributed by atoms with van der Waals surface area (Å²) in [6.45, 7) is 1.42. The topological polar surface area (TPSA) is 71.1 Å². The van der Waals surface area contributed by atoms with Crippen molar-refractivity contribution in [3.8, 4) is 0 Å². The van der Waals surface area contributed by atoms with Crippen LogP contribution in [0.5, 0.6) is 0 Å². The Bertz CT molecular complexity index is 711. The number of fused-ring (bicyclic) bond motifs is 1. The van der Waals surface area contributed by atoms with E-state index in [9.17, 15) is 9.59 Å². The van der Waals surface area contributed by atoms with Gasteiger partial charge in [0, 0.05) is 12.3 Å². The Morgan fingerprint density at radius 1 is 1.32 bits per heavy atom. The minimum absolute atomic E-state index is 0.0309. The summed E-state index contributed by atoms with van der Waals surface area (Å²) in [5.41, 5.74) is 2.84. The summed E-state index contributed by atoms with van der Waals surface area (Å²) in [5.74, 6) is -0.392. The van der Waals surface area contributed by atoms with E-state index in [1.165, 1.54) is 29.4 Å². The Morgan fingerprint density at radius 2 is 2.14 bits per heavy atom. The summed E-state index contributed by atoms with van der Waals surface area (Å²) in [5, 5.41) is 7.75. The van der Waals surface area contributed by atoms with E-state index in [1.54, 1.807) is 5.38 Å². The van der Waals surface area contributed by atoms with Crippen LogP contribution in [0.3, 0.4) is 0 Å². The number of aromatic nitrogens is 1. The number of carbonyl (C=O) groups is 2. The number of rotatable bonds is 3. The van der Waals surface area contributed by atoms with Crippen molar-refractivity contribution in [2.75, 3.05) is 5.32 Å². The molecular formula is C16H17N3O2S. The lowest BCUT2D eigenvalue weighted by Gasteiger charge is -2.26. The van der Waals surface area contributed by atoms with E-state index < -0.39 is 0 Å². The number of nitrogens with zero attached hydrogens (tertiary/aromatic N) is 1. The Kier molecular flexibility index (Phi) is 4.20. The average Bonchev–Trinajstić information content (AvgIpc) is 2.95. The molecule has 0 bridgehead atoms. The lowest BCUT2D eigenvalue weighted by Crippen LogP contribution is -2.31. The van der Waals surface area contributed by atoms with Crippen molar-refractivity contribution in [2.45, 2.75) is 32.2 Å². The van der Waals surface area contributed by atoms with Crippen LogP contribution >= 0.6 is 11.3 Å². The fourth-order valence-electron chi connectivity index (χ4n) is 2.72. The van der Waals surface area contributed by atoms with E-state index in [1.807, 2.05) is 12.1 Å². The number of amides is 2. The molecule has 1 aromatic heterocycles. The van der Waals surface area contributed by atoms with Crippen molar-refractivity contribution < 1.29 is 9.59 Å². The van der Waals surface area contributed by atoms with Crippen molar-refractivity contribution in [1.29, 1.82) is 0 Å². The molecule has 2 N–H and O–H groups in total. The zero-order chi connectivity index (χ0) is 15.5. The molecule has 0 saturated heterocycles. The maximum atomic E-state index is 12.3. The molecule has 1 aromatic carbocycles. The first kappa shape index (κ1) is 14.7. The van der Waals surface area contributed by atoms with Gasteiger partial charge in [-0.1, -0.05) is 24.3 Å². The van der Waals surface area contributed by atoms with Gasteiger partial charge in [-0.3, -0.25) is 9.59 Å². The van der Waals surface area contributed by atoms with Crippen molar-refractivity contribution in [2.24, 2.45) is 0 Å². The average molecular weight is 315 g/mol. The van der Waals surface area contributed by atoms with Crippen LogP contribution in [-0.2, 0) is 11.2 Å². The van der Waals surface area contributed by atoms with Gasteiger partial charge in [-0.15, -0.1) is 11.3 Å². The van der Waals surface area contributed by atoms with Gasteiger partial charge in [-0.05, 0) is 30.4 Å². The van der Waals surface area contributed by atoms with Crippen LogP contribution in [0.1, 0.15) is 47.4 Å². The largest absolute Gasteiger partial charge is 0.344 e. The third-order valence-electron chi connectivity index (χ3n) is 3.69. The molecule has 6 heteroatoms. The minimum atomic E-state index is -0.199. The number of nitrogens with one attached hydrogen (secondary N) is 2. The van der Waals surface area contributed by atoms with Crippen LogP contribution in [-0.4, -0.2) is 16.8 Å². The van der Waals surface area contributed by atoms with Crippen LogP contribution in [0, 0.1) is 0 Å². The van der Waals surface area contributed by atoms with E-state index in [2.05, 4.69) is 27.8 Å². The smallest absolute Gasteiger partial charge is 0.271 e. The maximum Gasteiger partial charge on any atom is 0.271 e. The summed E-state index contributed by atoms with van der Waals surface area (Å²) >= 11 is 1.25. The van der Waals surface area contributed by atoms with Crippen LogP contribution in [0.25, 0.3) is 0 Å². The van der Waals surface area contributed by atoms with E-state index in [4.69, 9.17) is 0 Å². The number of benzene rings is 1. The highest BCUT2D eigenvalue weighted by atomic mass is 32.1. The molecule has 1 aliphatic carbocycles. The molecule has 22 heavy (non-hydrogen) atoms. The third kappa shape index (κ3) is 3.17. The highest BCUT2D eigenvalue weighted by Crippen LogP contribution is 2.29. The third-order valence-corrected chi connectivity index (χ3v) is 4.45. The quantitative estimate of drug-likeness (QED) is 0.915. The van der Waals surface area contributed by atoms with Gasteiger partial charge in [0.05, 0.1) is 6.04 Å². The molecule has 1 unspecified atom stereocenters. The predicted molar refractivity (Wildman–Crippen MR) is 86.0 cm³/mol. The van der Waals surface area contributed by atoms with Crippen molar-refractivity contribution in [3.05, 3.63) is 46.5 Å². The highest BCUT2D eigenvalue weighted by Gasteiger charge is 2.22. The van der Waals surface area contributed by atoms with E-state index in [0.29, 0.717) is 10.8 Å². The Morgan fingerprint density at radius 3 is 2.95 bits per heavy atom. The second-order valence-corrected chi connectivity index (χ2v) is 6.19. The first-order valence-electron chi connectivity index (χ1n) is 7.25. The van der Waals surface area contributed by atoms with Gasteiger partial charge in [0.1, 0.15) is 5.69 Å². The fourth-order valence-corrected chi connectivity index (χ4v) is 3.46. The van der Waals surface area contributed by atoms with Crippen LogP contribution in [0.2, 0.25) is 0 Å². The van der Waals surface area contributed by atoms with Gasteiger partial charge >= 0.3 is 0 Å². The van der Waals surface area contributed by atoms with Crippen LogP contribution < -0.4 is 10.6 Å². The number of hydrogen-bond acceptors (Lipinski definition) is 4. The van der Waals surface area contributed by atoms with Crippen LogP contribution in [0.4, 0.5) is 5.13 Å². The SMILES string of the molecule is CC(=O)Nc1nc(C(=O)NC2CCCc3ccccc32)cs1. The van der Waals surface area contributed by atoms with E-state index >= 15 is 0 Å². The molecule has 0 spiro atoms. The number of anilines is 1. The Hall–Kier alpha value is -2.21. The zero-order valence-electron chi connectivity index (χ0n) is 12.3. The molecule has 2 aromatic rings. The predicted octanol–water partition coefficient (Wildman–Crippen LogP) is 2.91. The van der Waals surface area contributed by atoms with Gasteiger partial charge in [-0.25, -0.2) is 4.98 Å². The molecule has 1 heterocycles. The number of carbonyl (C=O) groups excluding carboxylic acids is 2. The Balaban J connectivity index is 1.72. The Labute approximate surface area is 132 Å². The molecule has 0 fully saturated rings. The number of aryl methyl sites for hydroxylation is 1. The maximum absolute atomic E-state index is 12.3. The molecule has 3 rings (SSSR count). The van der Waals surface area contributed by atoms with Crippen molar-refractivity contribution >= 4 is 28.3 Å². The lowest BCUT2D eigenvalue weighted by molar-refractivity contribution is -0.114. The molecule has 2 amide bonds. The van der Waals surface area contributed by atoms with Gasteiger partial charge < -0.3 is 10.6 Å². The second-order valence-electron chi connectivity index (χ2n) is 5.34. The molecule has 0 saturated carbocycles.